The molecule has 4 nitrogen and oxygen atoms in total. The van der Waals surface area contributed by atoms with Crippen LogP contribution in [-0.2, 0) is 4.79 Å². The van der Waals surface area contributed by atoms with Gasteiger partial charge in [0.05, 0.1) is 18.5 Å². The largest absolute Gasteiger partial charge is 0.375 e. The van der Waals surface area contributed by atoms with Crippen LogP contribution in [0.3, 0.4) is 0 Å². The summed E-state index contributed by atoms with van der Waals surface area (Å²) in [6.07, 6.45) is 5.93. The number of rotatable bonds is 7. The van der Waals surface area contributed by atoms with Crippen LogP contribution in [0, 0.1) is 17.2 Å². The molecule has 0 radical (unpaired) electrons. The number of anilines is 1. The Morgan fingerprint density at radius 3 is 2.83 bits per heavy atom. The third kappa shape index (κ3) is 6.15. The number of nitrogens with one attached hydrogen (secondary N) is 2. The van der Waals surface area contributed by atoms with E-state index in [-0.39, 0.29) is 11.8 Å². The zero-order chi connectivity index (χ0) is 16.5. The Labute approximate surface area is 143 Å². The molecule has 0 bridgehead atoms. The molecular weight excluding hydrogens is 306 g/mol. The Morgan fingerprint density at radius 1 is 1.35 bits per heavy atom. The van der Waals surface area contributed by atoms with Crippen molar-refractivity contribution >= 4 is 23.4 Å². The highest BCUT2D eigenvalue weighted by Crippen LogP contribution is 2.28. The molecule has 1 aromatic rings. The zero-order valence-electron chi connectivity index (χ0n) is 13.7. The average Bonchev–Trinajstić information content (AvgIpc) is 2.59. The van der Waals surface area contributed by atoms with Crippen molar-refractivity contribution in [1.82, 2.24) is 5.32 Å². The van der Waals surface area contributed by atoms with Crippen LogP contribution in [-0.4, -0.2) is 24.2 Å². The number of amides is 1. The first kappa shape index (κ1) is 17.7. The summed E-state index contributed by atoms with van der Waals surface area (Å²) in [4.78, 5) is 13.2. The summed E-state index contributed by atoms with van der Waals surface area (Å²) in [6, 6.07) is 10.5. The number of benzene rings is 1. The number of nitrogens with zero attached hydrogens (tertiary/aromatic N) is 1. The quantitative estimate of drug-likeness (QED) is 0.746. The van der Waals surface area contributed by atoms with E-state index in [2.05, 4.69) is 16.7 Å². The number of carbonyl (C=O) groups excluding carboxylic acids is 1. The molecule has 2 rings (SSSR count). The third-order valence-electron chi connectivity index (χ3n) is 4.01. The highest BCUT2D eigenvalue weighted by atomic mass is 32.2. The van der Waals surface area contributed by atoms with Crippen LogP contribution in [0.2, 0.25) is 0 Å². The monoisotopic (exact) mass is 331 g/mol. The van der Waals surface area contributed by atoms with Gasteiger partial charge >= 0.3 is 0 Å². The van der Waals surface area contributed by atoms with E-state index in [1.165, 1.54) is 19.3 Å². The van der Waals surface area contributed by atoms with Crippen molar-refractivity contribution in [2.24, 2.45) is 5.92 Å². The number of hydrogen-bond acceptors (Lipinski definition) is 4. The maximum Gasteiger partial charge on any atom is 0.239 e. The van der Waals surface area contributed by atoms with Crippen molar-refractivity contribution in [3.05, 3.63) is 24.3 Å². The Morgan fingerprint density at radius 2 is 2.09 bits per heavy atom. The molecule has 0 saturated heterocycles. The van der Waals surface area contributed by atoms with Crippen LogP contribution in [0.15, 0.2) is 29.2 Å². The van der Waals surface area contributed by atoms with Crippen molar-refractivity contribution in [3.63, 3.8) is 0 Å². The van der Waals surface area contributed by atoms with Gasteiger partial charge in [-0.05, 0) is 31.9 Å². The highest BCUT2D eigenvalue weighted by molar-refractivity contribution is 7.99. The molecule has 124 valence electrons. The molecule has 0 aromatic heterocycles. The Bertz CT molecular complexity index is 549. The van der Waals surface area contributed by atoms with E-state index in [0.29, 0.717) is 12.6 Å². The fraction of sp³-hybridized carbons (Fsp3) is 0.556. The Balaban J connectivity index is 1.82. The molecule has 1 amide bonds. The van der Waals surface area contributed by atoms with Crippen LogP contribution in [0.4, 0.5) is 5.69 Å². The number of nitriles is 1. The number of para-hydroxylation sites is 1. The summed E-state index contributed by atoms with van der Waals surface area (Å²) in [5.74, 6) is 0.827. The molecule has 0 aliphatic heterocycles. The minimum atomic E-state index is 0.0163. The van der Waals surface area contributed by atoms with Crippen LogP contribution >= 0.6 is 11.8 Å². The second-order valence-electron chi connectivity index (χ2n) is 6.09. The molecule has 0 unspecified atom stereocenters. The van der Waals surface area contributed by atoms with Gasteiger partial charge in [-0.15, -0.1) is 11.8 Å². The number of thioether (sulfide) groups is 1. The van der Waals surface area contributed by atoms with Crippen LogP contribution < -0.4 is 10.6 Å². The first-order chi connectivity index (χ1) is 11.2. The van der Waals surface area contributed by atoms with E-state index in [1.54, 1.807) is 11.8 Å². The van der Waals surface area contributed by atoms with Crippen molar-refractivity contribution in [1.29, 1.82) is 5.26 Å². The summed E-state index contributed by atoms with van der Waals surface area (Å²) < 4.78 is 0. The summed E-state index contributed by atoms with van der Waals surface area (Å²) in [5, 5.41) is 15.2. The molecule has 1 fully saturated rings. The molecule has 23 heavy (non-hydrogen) atoms. The van der Waals surface area contributed by atoms with Crippen molar-refractivity contribution in [3.8, 4) is 6.07 Å². The van der Waals surface area contributed by atoms with Gasteiger partial charge < -0.3 is 10.6 Å². The van der Waals surface area contributed by atoms with Gasteiger partial charge in [0.2, 0.25) is 5.91 Å². The van der Waals surface area contributed by atoms with E-state index in [9.17, 15) is 4.79 Å². The second-order valence-corrected chi connectivity index (χ2v) is 7.16. The second kappa shape index (κ2) is 9.46. The van der Waals surface area contributed by atoms with Gasteiger partial charge in [-0.1, -0.05) is 31.4 Å². The normalized spacial score (nSPS) is 16.3. The minimum absolute atomic E-state index is 0.0163. The average molecular weight is 331 g/mol. The summed E-state index contributed by atoms with van der Waals surface area (Å²) in [5.41, 5.74) is 0.960. The predicted molar refractivity (Wildman–Crippen MR) is 95.4 cm³/mol. The lowest BCUT2D eigenvalue weighted by Gasteiger charge is -2.23. The fourth-order valence-electron chi connectivity index (χ4n) is 2.69. The van der Waals surface area contributed by atoms with Gasteiger partial charge in [0, 0.05) is 22.4 Å². The van der Waals surface area contributed by atoms with E-state index in [4.69, 9.17) is 5.26 Å². The van der Waals surface area contributed by atoms with Gasteiger partial charge in [0.15, 0.2) is 0 Å². The molecule has 1 atom stereocenters. The standard InChI is InChI=1S/C18H25N3OS/c1-14(11-19)13-23-17-10-6-5-9-16(17)20-12-18(22)21-15-7-3-2-4-8-15/h5-6,9-10,14-15,20H,2-4,7-8,12-13H2,1H3,(H,21,22)/t14-/m0/s1. The third-order valence-corrected chi connectivity index (χ3v) is 5.34. The molecule has 1 aliphatic rings. The first-order valence-electron chi connectivity index (χ1n) is 8.33. The minimum Gasteiger partial charge on any atom is -0.375 e. The highest BCUT2D eigenvalue weighted by Gasteiger charge is 2.15. The zero-order valence-corrected chi connectivity index (χ0v) is 14.5. The van der Waals surface area contributed by atoms with Gasteiger partial charge in [0.1, 0.15) is 0 Å². The lowest BCUT2D eigenvalue weighted by atomic mass is 9.95. The van der Waals surface area contributed by atoms with Gasteiger partial charge in [-0.25, -0.2) is 0 Å². The molecule has 5 heteroatoms. The summed E-state index contributed by atoms with van der Waals surface area (Å²) >= 11 is 1.65. The SMILES string of the molecule is C[C@@H](C#N)CSc1ccccc1NCC(=O)NC1CCCCC1. The van der Waals surface area contributed by atoms with E-state index < -0.39 is 0 Å². The van der Waals surface area contributed by atoms with Crippen LogP contribution in [0.1, 0.15) is 39.0 Å². The van der Waals surface area contributed by atoms with Crippen LogP contribution in [0.25, 0.3) is 0 Å². The molecule has 1 aromatic carbocycles. The maximum atomic E-state index is 12.1. The molecule has 1 aliphatic carbocycles. The lowest BCUT2D eigenvalue weighted by Crippen LogP contribution is -2.39. The van der Waals surface area contributed by atoms with Gasteiger partial charge in [0.25, 0.3) is 0 Å². The predicted octanol–water partition coefficient (Wildman–Crippen LogP) is 3.80. The van der Waals surface area contributed by atoms with E-state index in [1.807, 2.05) is 31.2 Å². The summed E-state index contributed by atoms with van der Waals surface area (Å²) in [6.45, 7) is 2.21. The van der Waals surface area contributed by atoms with Gasteiger partial charge in [-0.2, -0.15) is 5.26 Å². The van der Waals surface area contributed by atoms with Gasteiger partial charge in [-0.3, -0.25) is 4.79 Å². The first-order valence-corrected chi connectivity index (χ1v) is 9.32. The van der Waals surface area contributed by atoms with Crippen LogP contribution in [0.5, 0.6) is 0 Å². The summed E-state index contributed by atoms with van der Waals surface area (Å²) in [7, 11) is 0. The van der Waals surface area contributed by atoms with Crippen molar-refractivity contribution in [2.45, 2.75) is 50.0 Å². The molecule has 1 saturated carbocycles. The Hall–Kier alpha value is -1.67. The number of hydrogen-bond donors (Lipinski definition) is 2. The molecular formula is C18H25N3OS. The van der Waals surface area contributed by atoms with E-state index >= 15 is 0 Å². The smallest absolute Gasteiger partial charge is 0.239 e. The fourth-order valence-corrected chi connectivity index (χ4v) is 3.67. The lowest BCUT2D eigenvalue weighted by molar-refractivity contribution is -0.120. The van der Waals surface area contributed by atoms with E-state index in [0.717, 1.165) is 29.2 Å². The van der Waals surface area contributed by atoms with Crippen molar-refractivity contribution < 1.29 is 4.79 Å². The molecule has 2 N–H and O–H groups in total. The number of carbonyl (C=O) groups is 1. The van der Waals surface area contributed by atoms with Crippen molar-refractivity contribution in [2.75, 3.05) is 17.6 Å². The molecule has 0 spiro atoms. The Kier molecular flexibility index (Phi) is 7.28. The topological polar surface area (TPSA) is 64.9 Å². The maximum absolute atomic E-state index is 12.1. The molecule has 0 heterocycles.